The van der Waals surface area contributed by atoms with Gasteiger partial charge in [0.2, 0.25) is 10.0 Å². The van der Waals surface area contributed by atoms with Crippen molar-refractivity contribution in [3.05, 3.63) is 53.6 Å². The average Bonchev–Trinajstić information content (AvgIpc) is 3.17. The van der Waals surface area contributed by atoms with Crippen LogP contribution in [-0.4, -0.2) is 98.2 Å². The van der Waals surface area contributed by atoms with Gasteiger partial charge in [0.05, 0.1) is 29.4 Å². The highest BCUT2D eigenvalue weighted by Crippen LogP contribution is 2.36. The fourth-order valence-corrected chi connectivity index (χ4v) is 7.78. The molecule has 9 nitrogen and oxygen atoms in total. The van der Waals surface area contributed by atoms with Crippen LogP contribution in [0.3, 0.4) is 0 Å². The normalized spacial score (nSPS) is 22.8. The Morgan fingerprint density at radius 1 is 1.05 bits per heavy atom. The van der Waals surface area contributed by atoms with Crippen LogP contribution in [0.4, 0.5) is 15.8 Å². The van der Waals surface area contributed by atoms with Crippen molar-refractivity contribution < 1.29 is 17.6 Å². The molecule has 1 N–H and O–H groups in total. The maximum absolute atomic E-state index is 14.4. The zero-order valence-corrected chi connectivity index (χ0v) is 26.8. The topological polar surface area (TPSA) is 89.1 Å². The highest BCUT2D eigenvalue weighted by Gasteiger charge is 2.32. The second kappa shape index (κ2) is 13.6. The van der Waals surface area contributed by atoms with E-state index in [0.717, 1.165) is 82.5 Å². The fraction of sp³-hybridized carbons (Fsp3) is 0.625. The van der Waals surface area contributed by atoms with E-state index in [1.165, 1.54) is 18.4 Å². The Labute approximate surface area is 256 Å². The number of anilines is 2. The number of amides is 1. The number of carbonyl (C=O) groups excluding carboxylic acids is 1. The predicted molar refractivity (Wildman–Crippen MR) is 168 cm³/mol. The molecule has 2 aromatic rings. The number of nitrogens with zero attached hydrogens (tertiary/aromatic N) is 5. The molecule has 1 aromatic heterocycles. The molecule has 0 radical (unpaired) electrons. The summed E-state index contributed by atoms with van der Waals surface area (Å²) < 4.78 is 40.4. The Bertz CT molecular complexity index is 1370. The van der Waals surface area contributed by atoms with Crippen LogP contribution in [0.5, 0.6) is 0 Å². The first-order valence-electron chi connectivity index (χ1n) is 15.7. The summed E-state index contributed by atoms with van der Waals surface area (Å²) in [4.78, 5) is 26.8. The van der Waals surface area contributed by atoms with Gasteiger partial charge in [0.1, 0.15) is 5.82 Å². The second-order valence-corrected chi connectivity index (χ2v) is 14.7. The van der Waals surface area contributed by atoms with Crippen molar-refractivity contribution in [2.24, 2.45) is 5.92 Å². The van der Waals surface area contributed by atoms with E-state index in [1.54, 1.807) is 18.0 Å². The molecule has 0 spiro atoms. The van der Waals surface area contributed by atoms with Crippen molar-refractivity contribution in [2.45, 2.75) is 77.0 Å². The zero-order chi connectivity index (χ0) is 30.7. The minimum absolute atomic E-state index is 0.00465. The van der Waals surface area contributed by atoms with E-state index >= 15 is 0 Å². The SMILES string of the molecule is CC(C)N(C)C(=O)c1cc(F)ccc1N1CCN(C2CCN(CC3CCC(NS(C)(=O)=O)CC3)CC2)Cc2ccncc21. The molecule has 236 valence electrons. The molecule has 0 unspecified atom stereocenters. The van der Waals surface area contributed by atoms with E-state index in [0.29, 0.717) is 29.8 Å². The number of hydrogen-bond acceptors (Lipinski definition) is 7. The number of carbonyl (C=O) groups is 1. The quantitative estimate of drug-likeness (QED) is 0.476. The highest BCUT2D eigenvalue weighted by atomic mass is 32.2. The van der Waals surface area contributed by atoms with Gasteiger partial charge < -0.3 is 14.7 Å². The van der Waals surface area contributed by atoms with E-state index in [4.69, 9.17) is 0 Å². The summed E-state index contributed by atoms with van der Waals surface area (Å²) in [6.45, 7) is 9.45. The molecule has 0 bridgehead atoms. The third-order valence-electron chi connectivity index (χ3n) is 9.55. The summed E-state index contributed by atoms with van der Waals surface area (Å²) in [6.07, 6.45) is 11.1. The number of sulfonamides is 1. The van der Waals surface area contributed by atoms with Gasteiger partial charge in [0.25, 0.3) is 5.91 Å². The second-order valence-electron chi connectivity index (χ2n) is 12.9. The van der Waals surface area contributed by atoms with Gasteiger partial charge in [0, 0.05) is 57.5 Å². The summed E-state index contributed by atoms with van der Waals surface area (Å²) >= 11 is 0. The number of benzene rings is 1. The Balaban J connectivity index is 1.23. The predicted octanol–water partition coefficient (Wildman–Crippen LogP) is 4.23. The minimum Gasteiger partial charge on any atom is -0.339 e. The molecule has 2 fully saturated rings. The number of pyridine rings is 1. The lowest BCUT2D eigenvalue weighted by Gasteiger charge is -2.40. The summed E-state index contributed by atoms with van der Waals surface area (Å²) in [6, 6.07) is 7.13. The van der Waals surface area contributed by atoms with Gasteiger partial charge in [-0.3, -0.25) is 14.7 Å². The van der Waals surface area contributed by atoms with Gasteiger partial charge in [-0.1, -0.05) is 0 Å². The Kier molecular flexibility index (Phi) is 10.0. The number of rotatable bonds is 8. The Morgan fingerprint density at radius 2 is 1.77 bits per heavy atom. The Hall–Kier alpha value is -2.60. The van der Waals surface area contributed by atoms with E-state index < -0.39 is 15.8 Å². The number of likely N-dealkylation sites (tertiary alicyclic amines) is 1. The van der Waals surface area contributed by atoms with Crippen LogP contribution in [0.1, 0.15) is 68.3 Å². The van der Waals surface area contributed by atoms with Crippen molar-refractivity contribution in [3.8, 4) is 0 Å². The number of halogens is 1. The molecule has 2 aliphatic heterocycles. The van der Waals surface area contributed by atoms with E-state index in [-0.39, 0.29) is 18.0 Å². The summed E-state index contributed by atoms with van der Waals surface area (Å²) in [5.41, 5.74) is 3.21. The molecular weight excluding hydrogens is 567 g/mol. The van der Waals surface area contributed by atoms with Crippen LogP contribution in [0, 0.1) is 11.7 Å². The van der Waals surface area contributed by atoms with Crippen LogP contribution in [0.15, 0.2) is 36.7 Å². The van der Waals surface area contributed by atoms with E-state index in [9.17, 15) is 17.6 Å². The molecule has 1 aliphatic carbocycles. The average molecular weight is 615 g/mol. The molecule has 3 heterocycles. The molecule has 0 atom stereocenters. The lowest BCUT2D eigenvalue weighted by atomic mass is 9.85. The summed E-state index contributed by atoms with van der Waals surface area (Å²) in [7, 11) is -1.39. The maximum atomic E-state index is 14.4. The molecule has 1 saturated carbocycles. The van der Waals surface area contributed by atoms with E-state index in [1.807, 2.05) is 26.2 Å². The molecule has 1 aromatic carbocycles. The first-order valence-corrected chi connectivity index (χ1v) is 17.6. The molecule has 1 amide bonds. The van der Waals surface area contributed by atoms with Crippen molar-refractivity contribution in [2.75, 3.05) is 50.9 Å². The number of hydrogen-bond donors (Lipinski definition) is 1. The summed E-state index contributed by atoms with van der Waals surface area (Å²) in [5, 5.41) is 0. The highest BCUT2D eigenvalue weighted by molar-refractivity contribution is 7.88. The van der Waals surface area contributed by atoms with Crippen molar-refractivity contribution in [3.63, 3.8) is 0 Å². The van der Waals surface area contributed by atoms with Gasteiger partial charge in [-0.05, 0) is 101 Å². The lowest BCUT2D eigenvalue weighted by molar-refractivity contribution is 0.0755. The van der Waals surface area contributed by atoms with Crippen molar-refractivity contribution in [1.29, 1.82) is 0 Å². The van der Waals surface area contributed by atoms with Gasteiger partial charge in [-0.15, -0.1) is 0 Å². The molecule has 43 heavy (non-hydrogen) atoms. The Morgan fingerprint density at radius 3 is 2.44 bits per heavy atom. The molecule has 11 heteroatoms. The van der Waals surface area contributed by atoms with Crippen LogP contribution in [-0.2, 0) is 16.6 Å². The molecule has 3 aliphatic rings. The first-order chi connectivity index (χ1) is 20.5. The van der Waals surface area contributed by atoms with Gasteiger partial charge >= 0.3 is 0 Å². The largest absolute Gasteiger partial charge is 0.339 e. The summed E-state index contributed by atoms with van der Waals surface area (Å²) in [5.74, 6) is 0.0173. The molecular formula is C32H47FN6O3S. The standard InChI is InChI=1S/C32H47FN6O3S/c1-23(2)36(3)32(40)29-19-26(33)7-10-30(29)39-18-17-38(22-25-11-14-34-20-31(25)39)28-12-15-37(16-13-28)21-24-5-8-27(9-6-24)35-43(4,41)42/h7,10-11,14,19-20,23-24,27-28,35H,5-6,8-9,12-13,15-18,21-22H2,1-4H3. The molecule has 1 saturated heterocycles. The van der Waals surface area contributed by atoms with Crippen molar-refractivity contribution in [1.82, 2.24) is 24.4 Å². The van der Waals surface area contributed by atoms with Gasteiger partial charge in [-0.2, -0.15) is 0 Å². The smallest absolute Gasteiger partial charge is 0.256 e. The zero-order valence-electron chi connectivity index (χ0n) is 26.0. The van der Waals surface area contributed by atoms with Crippen molar-refractivity contribution >= 4 is 27.3 Å². The number of aromatic nitrogens is 1. The maximum Gasteiger partial charge on any atom is 0.256 e. The van der Waals surface area contributed by atoms with Crippen LogP contribution in [0.25, 0.3) is 0 Å². The fourth-order valence-electron chi connectivity index (χ4n) is 6.94. The number of nitrogens with one attached hydrogen (secondary N) is 1. The van der Waals surface area contributed by atoms with Crippen LogP contribution >= 0.6 is 0 Å². The van der Waals surface area contributed by atoms with Crippen LogP contribution in [0.2, 0.25) is 0 Å². The van der Waals surface area contributed by atoms with Crippen LogP contribution < -0.4 is 9.62 Å². The monoisotopic (exact) mass is 614 g/mol. The minimum atomic E-state index is -3.14. The first kappa shape index (κ1) is 31.8. The van der Waals surface area contributed by atoms with Gasteiger partial charge in [-0.25, -0.2) is 17.5 Å². The third kappa shape index (κ3) is 7.92. The number of fused-ring (bicyclic) bond motifs is 1. The van der Waals surface area contributed by atoms with E-state index in [2.05, 4.69) is 30.5 Å². The van der Waals surface area contributed by atoms with Gasteiger partial charge in [0.15, 0.2) is 0 Å². The third-order valence-corrected chi connectivity index (χ3v) is 10.3. The lowest BCUT2D eigenvalue weighted by Crippen LogP contribution is -2.47. The molecule has 5 rings (SSSR count). The number of piperidine rings is 1.